The molecule has 1 aromatic rings. The molecule has 0 spiro atoms. The molecule has 0 bridgehead atoms. The Morgan fingerprint density at radius 2 is 2.07 bits per heavy atom. The van der Waals surface area contributed by atoms with Crippen LogP contribution in [0.5, 0.6) is 0 Å². The summed E-state index contributed by atoms with van der Waals surface area (Å²) in [6.07, 6.45) is 0.502. The summed E-state index contributed by atoms with van der Waals surface area (Å²) in [5, 5.41) is 8.50. The first-order chi connectivity index (χ1) is 6.77. The summed E-state index contributed by atoms with van der Waals surface area (Å²) < 4.78 is 4.56. The molecule has 4 heteroatoms. The van der Waals surface area contributed by atoms with Gasteiger partial charge in [-0.05, 0) is 24.3 Å². The van der Waals surface area contributed by atoms with Gasteiger partial charge in [-0.15, -0.1) is 0 Å². The van der Waals surface area contributed by atoms with Crippen molar-refractivity contribution in [2.24, 2.45) is 0 Å². The molecular formula is C10H7NO3. The summed E-state index contributed by atoms with van der Waals surface area (Å²) in [5.74, 6) is -0.568. The number of hydrogen-bond donors (Lipinski definition) is 0. The van der Waals surface area contributed by atoms with Crippen LogP contribution in [0.4, 0.5) is 0 Å². The minimum absolute atomic E-state index is 0.251. The van der Waals surface area contributed by atoms with Gasteiger partial charge in [0.2, 0.25) is 0 Å². The second kappa shape index (κ2) is 4.77. The van der Waals surface area contributed by atoms with Crippen molar-refractivity contribution in [3.63, 3.8) is 0 Å². The Balaban J connectivity index is 2.72. The maximum atomic E-state index is 11.1. The molecule has 0 N–H and O–H groups in total. The molecule has 0 saturated heterocycles. The van der Waals surface area contributed by atoms with Gasteiger partial charge in [0.05, 0.1) is 17.2 Å². The highest BCUT2D eigenvalue weighted by atomic mass is 16.5. The van der Waals surface area contributed by atoms with Gasteiger partial charge in [0.15, 0.2) is 6.29 Å². The Labute approximate surface area is 80.7 Å². The van der Waals surface area contributed by atoms with Gasteiger partial charge in [-0.2, -0.15) is 5.26 Å². The van der Waals surface area contributed by atoms with E-state index in [4.69, 9.17) is 5.26 Å². The lowest BCUT2D eigenvalue weighted by Gasteiger charge is -1.99. The lowest BCUT2D eigenvalue weighted by Crippen LogP contribution is -2.06. The normalized spacial score (nSPS) is 8.79. The third-order valence-electron chi connectivity index (χ3n) is 1.53. The fraction of sp³-hybridized carbons (Fsp3) is 0.100. The molecule has 70 valence electrons. The highest BCUT2D eigenvalue weighted by Crippen LogP contribution is 2.04. The van der Waals surface area contributed by atoms with Gasteiger partial charge in [-0.25, -0.2) is 4.79 Å². The zero-order valence-electron chi connectivity index (χ0n) is 7.27. The molecule has 0 amide bonds. The van der Waals surface area contributed by atoms with Gasteiger partial charge in [0.25, 0.3) is 0 Å². The van der Waals surface area contributed by atoms with Crippen LogP contribution in [0.1, 0.15) is 15.9 Å². The molecule has 0 radical (unpaired) electrons. The summed E-state index contributed by atoms with van der Waals surface area (Å²) in [7, 11) is 0. The molecule has 4 nitrogen and oxygen atoms in total. The van der Waals surface area contributed by atoms with Crippen LogP contribution in [-0.4, -0.2) is 18.9 Å². The van der Waals surface area contributed by atoms with E-state index in [0.717, 1.165) is 0 Å². The second-order valence-electron chi connectivity index (χ2n) is 2.45. The largest absolute Gasteiger partial charge is 0.454 e. The van der Waals surface area contributed by atoms with Crippen LogP contribution in [0.3, 0.4) is 0 Å². The standard InChI is InChI=1S/C10H7NO3/c11-7-8-1-3-9(4-2-8)10(13)14-6-5-12/h1-5H,6H2. The molecule has 14 heavy (non-hydrogen) atoms. The van der Waals surface area contributed by atoms with Crippen LogP contribution in [0, 0.1) is 11.3 Å². The highest BCUT2D eigenvalue weighted by Gasteiger charge is 2.05. The number of rotatable bonds is 3. The number of nitriles is 1. The maximum Gasteiger partial charge on any atom is 0.338 e. The molecule has 0 atom stereocenters. The van der Waals surface area contributed by atoms with Crippen LogP contribution < -0.4 is 0 Å². The van der Waals surface area contributed by atoms with E-state index in [1.807, 2.05) is 6.07 Å². The summed E-state index contributed by atoms with van der Waals surface area (Å²) >= 11 is 0. The van der Waals surface area contributed by atoms with Gasteiger partial charge in [0, 0.05) is 0 Å². The molecule has 0 fully saturated rings. The quantitative estimate of drug-likeness (QED) is 0.523. The first kappa shape index (κ1) is 9.93. The monoisotopic (exact) mass is 189 g/mol. The highest BCUT2D eigenvalue weighted by molar-refractivity contribution is 5.90. The Kier molecular flexibility index (Phi) is 3.39. The van der Waals surface area contributed by atoms with E-state index >= 15 is 0 Å². The van der Waals surface area contributed by atoms with Gasteiger partial charge in [0.1, 0.15) is 6.61 Å². The minimum atomic E-state index is -0.568. The third kappa shape index (κ3) is 2.42. The molecule has 1 aromatic carbocycles. The number of hydrogen-bond acceptors (Lipinski definition) is 4. The predicted molar refractivity (Wildman–Crippen MR) is 47.5 cm³/mol. The van der Waals surface area contributed by atoms with Gasteiger partial charge in [-0.1, -0.05) is 0 Å². The van der Waals surface area contributed by atoms with E-state index < -0.39 is 5.97 Å². The molecule has 0 aliphatic carbocycles. The van der Waals surface area contributed by atoms with Crippen molar-refractivity contribution in [3.05, 3.63) is 35.4 Å². The Bertz CT molecular complexity index is 375. The summed E-state index contributed by atoms with van der Waals surface area (Å²) in [6.45, 7) is -0.251. The lowest BCUT2D eigenvalue weighted by molar-refractivity contribution is -0.110. The number of esters is 1. The average Bonchev–Trinajstić information content (AvgIpc) is 2.26. The van der Waals surface area contributed by atoms with Crippen molar-refractivity contribution in [3.8, 4) is 6.07 Å². The minimum Gasteiger partial charge on any atom is -0.454 e. The number of nitrogens with zero attached hydrogens (tertiary/aromatic N) is 1. The first-order valence-corrected chi connectivity index (χ1v) is 3.89. The zero-order valence-corrected chi connectivity index (χ0v) is 7.27. The zero-order chi connectivity index (χ0) is 10.4. The van der Waals surface area contributed by atoms with Crippen molar-refractivity contribution in [1.82, 2.24) is 0 Å². The second-order valence-corrected chi connectivity index (χ2v) is 2.45. The summed E-state index contributed by atoms with van der Waals surface area (Å²) in [6, 6.07) is 7.91. The van der Waals surface area contributed by atoms with Crippen molar-refractivity contribution in [2.45, 2.75) is 0 Å². The van der Waals surface area contributed by atoms with E-state index in [1.54, 1.807) is 0 Å². The average molecular weight is 189 g/mol. The number of benzene rings is 1. The SMILES string of the molecule is N#Cc1ccc(C(=O)OCC=O)cc1. The van der Waals surface area contributed by atoms with Gasteiger partial charge >= 0.3 is 5.97 Å². The van der Waals surface area contributed by atoms with Crippen LogP contribution >= 0.6 is 0 Å². The first-order valence-electron chi connectivity index (χ1n) is 3.89. The Morgan fingerprint density at radius 3 is 2.57 bits per heavy atom. The van der Waals surface area contributed by atoms with Crippen LogP contribution in [-0.2, 0) is 9.53 Å². The third-order valence-corrected chi connectivity index (χ3v) is 1.53. The van der Waals surface area contributed by atoms with E-state index in [2.05, 4.69) is 4.74 Å². The number of carbonyl (C=O) groups excluding carboxylic acids is 2. The fourth-order valence-electron chi connectivity index (χ4n) is 0.874. The molecule has 0 unspecified atom stereocenters. The van der Waals surface area contributed by atoms with Crippen molar-refractivity contribution >= 4 is 12.3 Å². The predicted octanol–water partition coefficient (Wildman–Crippen LogP) is 0.914. The van der Waals surface area contributed by atoms with Crippen LogP contribution in [0.2, 0.25) is 0 Å². The van der Waals surface area contributed by atoms with E-state index in [0.29, 0.717) is 17.4 Å². The summed E-state index contributed by atoms with van der Waals surface area (Å²) in [5.41, 5.74) is 0.794. The number of ether oxygens (including phenoxy) is 1. The van der Waals surface area contributed by atoms with E-state index in [-0.39, 0.29) is 6.61 Å². The molecule has 0 heterocycles. The molecule has 1 rings (SSSR count). The molecule has 0 aromatic heterocycles. The maximum absolute atomic E-state index is 11.1. The topological polar surface area (TPSA) is 67.2 Å². The molecular weight excluding hydrogens is 182 g/mol. The van der Waals surface area contributed by atoms with Crippen LogP contribution in [0.15, 0.2) is 24.3 Å². The lowest BCUT2D eigenvalue weighted by atomic mass is 10.1. The van der Waals surface area contributed by atoms with E-state index in [1.165, 1.54) is 24.3 Å². The summed E-state index contributed by atoms with van der Waals surface area (Å²) in [4.78, 5) is 21.1. The Morgan fingerprint density at radius 1 is 1.43 bits per heavy atom. The van der Waals surface area contributed by atoms with Crippen molar-refractivity contribution in [1.29, 1.82) is 5.26 Å². The molecule has 0 aliphatic rings. The van der Waals surface area contributed by atoms with Crippen molar-refractivity contribution < 1.29 is 14.3 Å². The Hall–Kier alpha value is -2.15. The van der Waals surface area contributed by atoms with Crippen molar-refractivity contribution in [2.75, 3.05) is 6.61 Å². The van der Waals surface area contributed by atoms with Gasteiger partial charge in [-0.3, -0.25) is 4.79 Å². The van der Waals surface area contributed by atoms with E-state index in [9.17, 15) is 9.59 Å². The smallest absolute Gasteiger partial charge is 0.338 e. The fourth-order valence-corrected chi connectivity index (χ4v) is 0.874. The van der Waals surface area contributed by atoms with Gasteiger partial charge < -0.3 is 4.74 Å². The number of aldehydes is 1. The molecule has 0 saturated carbocycles. The molecule has 0 aliphatic heterocycles. The number of carbonyl (C=O) groups is 2. The van der Waals surface area contributed by atoms with Crippen LogP contribution in [0.25, 0.3) is 0 Å².